The van der Waals surface area contributed by atoms with E-state index in [1.165, 1.54) is 0 Å². The molecule has 116 valence electrons. The van der Waals surface area contributed by atoms with Gasteiger partial charge in [-0.2, -0.15) is 0 Å². The van der Waals surface area contributed by atoms with Crippen molar-refractivity contribution in [3.05, 3.63) is 0 Å². The second-order valence-electron chi connectivity index (χ2n) is 5.28. The number of ether oxygens (including phenoxy) is 1. The number of unbranched alkanes of at least 4 members (excludes halogenated alkanes) is 1. The van der Waals surface area contributed by atoms with Gasteiger partial charge in [-0.25, -0.2) is 0 Å². The van der Waals surface area contributed by atoms with Crippen molar-refractivity contribution in [1.29, 1.82) is 0 Å². The Labute approximate surface area is 122 Å². The molecule has 2 amide bonds. The molecule has 1 N–H and O–H groups in total. The number of nitrogens with zero attached hydrogens (tertiary/aromatic N) is 1. The summed E-state index contributed by atoms with van der Waals surface area (Å²) in [6.07, 6.45) is 7.26. The minimum atomic E-state index is -0.472. The van der Waals surface area contributed by atoms with E-state index in [1.54, 1.807) is 4.90 Å². The number of nitrogens with one attached hydrogen (secondary N) is 1. The van der Waals surface area contributed by atoms with Gasteiger partial charge in [0.15, 0.2) is 0 Å². The highest BCUT2D eigenvalue weighted by atomic mass is 16.5. The molecule has 1 fully saturated rings. The van der Waals surface area contributed by atoms with Gasteiger partial charge in [-0.15, -0.1) is 0 Å². The zero-order valence-corrected chi connectivity index (χ0v) is 12.7. The maximum atomic E-state index is 11.9. The molecule has 0 bridgehead atoms. The molecule has 0 aliphatic carbocycles. The van der Waals surface area contributed by atoms with Crippen molar-refractivity contribution < 1.29 is 14.3 Å². The predicted molar refractivity (Wildman–Crippen MR) is 78.4 cm³/mol. The number of hydrogen-bond acceptors (Lipinski definition) is 3. The van der Waals surface area contributed by atoms with E-state index < -0.39 is 5.91 Å². The summed E-state index contributed by atoms with van der Waals surface area (Å²) in [4.78, 5) is 25.4. The lowest BCUT2D eigenvalue weighted by Crippen LogP contribution is -2.43. The molecule has 5 nitrogen and oxygen atoms in total. The molecule has 0 radical (unpaired) electrons. The summed E-state index contributed by atoms with van der Waals surface area (Å²) in [6, 6.07) is 0. The molecule has 1 aliphatic heterocycles. The normalized spacial score (nSPS) is 15.8. The molecule has 0 aromatic carbocycles. The summed E-state index contributed by atoms with van der Waals surface area (Å²) in [5, 5.41) is 2.68. The van der Waals surface area contributed by atoms with Crippen LogP contribution in [0.4, 0.5) is 0 Å². The molecule has 20 heavy (non-hydrogen) atoms. The summed E-state index contributed by atoms with van der Waals surface area (Å²) in [5.41, 5.74) is 0. The van der Waals surface area contributed by atoms with Crippen molar-refractivity contribution in [2.75, 3.05) is 32.8 Å². The Hall–Kier alpha value is -1.10. The number of amides is 2. The monoisotopic (exact) mass is 284 g/mol. The fourth-order valence-electron chi connectivity index (χ4n) is 2.22. The fourth-order valence-corrected chi connectivity index (χ4v) is 2.22. The Morgan fingerprint density at radius 3 is 2.35 bits per heavy atom. The van der Waals surface area contributed by atoms with Gasteiger partial charge in [0.05, 0.1) is 0 Å². The van der Waals surface area contributed by atoms with Crippen LogP contribution in [0.15, 0.2) is 0 Å². The third-order valence-corrected chi connectivity index (χ3v) is 3.48. The largest absolute Gasteiger partial charge is 0.381 e. The van der Waals surface area contributed by atoms with Crippen molar-refractivity contribution >= 4 is 11.8 Å². The van der Waals surface area contributed by atoms with Gasteiger partial charge in [0.1, 0.15) is 0 Å². The van der Waals surface area contributed by atoms with E-state index in [-0.39, 0.29) is 5.91 Å². The van der Waals surface area contributed by atoms with Crippen molar-refractivity contribution in [2.45, 2.75) is 51.9 Å². The summed E-state index contributed by atoms with van der Waals surface area (Å²) in [7, 11) is 0. The molecule has 0 unspecified atom stereocenters. The smallest absolute Gasteiger partial charge is 0.311 e. The van der Waals surface area contributed by atoms with Crippen LogP contribution in [-0.4, -0.2) is 49.6 Å². The Morgan fingerprint density at radius 1 is 1.05 bits per heavy atom. The molecule has 0 aromatic rings. The van der Waals surface area contributed by atoms with E-state index in [9.17, 15) is 9.59 Å². The highest BCUT2D eigenvalue weighted by Gasteiger charge is 2.21. The molecule has 0 aromatic heterocycles. The van der Waals surface area contributed by atoms with Gasteiger partial charge in [0.2, 0.25) is 0 Å². The highest BCUT2D eigenvalue weighted by molar-refractivity contribution is 6.35. The number of carbonyl (C=O) groups is 2. The zero-order valence-electron chi connectivity index (χ0n) is 12.7. The second kappa shape index (κ2) is 10.7. The lowest BCUT2D eigenvalue weighted by Gasteiger charge is -2.19. The quantitative estimate of drug-likeness (QED) is 0.572. The summed E-state index contributed by atoms with van der Waals surface area (Å²) in [5.74, 6) is -0.848. The lowest BCUT2D eigenvalue weighted by molar-refractivity contribution is -0.145. The molecule has 0 spiro atoms. The average molecular weight is 284 g/mol. The van der Waals surface area contributed by atoms with Crippen LogP contribution in [0.5, 0.6) is 0 Å². The first kappa shape index (κ1) is 17.0. The maximum Gasteiger partial charge on any atom is 0.311 e. The fraction of sp³-hybridized carbons (Fsp3) is 0.867. The van der Waals surface area contributed by atoms with Crippen molar-refractivity contribution in [3.63, 3.8) is 0 Å². The first-order chi connectivity index (χ1) is 9.75. The van der Waals surface area contributed by atoms with Crippen LogP contribution in [0.25, 0.3) is 0 Å². The van der Waals surface area contributed by atoms with Crippen molar-refractivity contribution in [3.8, 4) is 0 Å². The zero-order chi connectivity index (χ0) is 14.6. The topological polar surface area (TPSA) is 58.6 Å². The average Bonchev–Trinajstić information content (AvgIpc) is 2.74. The molecular formula is C15H28N2O3. The van der Waals surface area contributed by atoms with E-state index in [0.29, 0.717) is 26.2 Å². The minimum absolute atomic E-state index is 0.376. The Kier molecular flexibility index (Phi) is 9.04. The maximum absolute atomic E-state index is 11.9. The van der Waals surface area contributed by atoms with Gasteiger partial charge >= 0.3 is 11.8 Å². The van der Waals surface area contributed by atoms with Crippen LogP contribution in [0.2, 0.25) is 0 Å². The molecule has 1 aliphatic rings. The predicted octanol–water partition coefficient (Wildman–Crippen LogP) is 1.71. The van der Waals surface area contributed by atoms with Gasteiger partial charge in [0, 0.05) is 32.8 Å². The summed E-state index contributed by atoms with van der Waals surface area (Å²) >= 11 is 0. The van der Waals surface area contributed by atoms with E-state index in [4.69, 9.17) is 4.74 Å². The van der Waals surface area contributed by atoms with Gasteiger partial charge in [-0.05, 0) is 25.7 Å². The summed E-state index contributed by atoms with van der Waals surface area (Å²) < 4.78 is 5.40. The van der Waals surface area contributed by atoms with Crippen LogP contribution < -0.4 is 5.32 Å². The van der Waals surface area contributed by atoms with Gasteiger partial charge in [0.25, 0.3) is 0 Å². The molecule has 0 saturated carbocycles. The van der Waals surface area contributed by atoms with Crippen LogP contribution in [0, 0.1) is 0 Å². The van der Waals surface area contributed by atoms with Gasteiger partial charge in [-0.1, -0.05) is 26.2 Å². The molecular weight excluding hydrogens is 256 g/mol. The SMILES string of the molecule is CCCCOCCCNC(=O)C(=O)N1CCCCCC1. The summed E-state index contributed by atoms with van der Waals surface area (Å²) in [6.45, 7) is 5.47. The highest BCUT2D eigenvalue weighted by Crippen LogP contribution is 2.09. The van der Waals surface area contributed by atoms with Crippen LogP contribution in [0.1, 0.15) is 51.9 Å². The third kappa shape index (κ3) is 6.89. The van der Waals surface area contributed by atoms with E-state index >= 15 is 0 Å². The van der Waals surface area contributed by atoms with E-state index in [2.05, 4.69) is 12.2 Å². The van der Waals surface area contributed by atoms with E-state index in [1.807, 2.05) is 0 Å². The molecule has 0 atom stereocenters. The molecule has 1 rings (SSSR count). The van der Waals surface area contributed by atoms with Gasteiger partial charge < -0.3 is 15.0 Å². The third-order valence-electron chi connectivity index (χ3n) is 3.48. The number of carbonyl (C=O) groups excluding carboxylic acids is 2. The second-order valence-corrected chi connectivity index (χ2v) is 5.28. The Balaban J connectivity index is 2.10. The lowest BCUT2D eigenvalue weighted by atomic mass is 10.2. The van der Waals surface area contributed by atoms with Crippen LogP contribution >= 0.6 is 0 Å². The standard InChI is InChI=1S/C15H28N2O3/c1-2-3-12-20-13-8-9-16-14(18)15(19)17-10-6-4-5-7-11-17/h2-13H2,1H3,(H,16,18). The van der Waals surface area contributed by atoms with Crippen LogP contribution in [-0.2, 0) is 14.3 Å². The Bertz CT molecular complexity index is 287. The number of likely N-dealkylation sites (tertiary alicyclic amines) is 1. The van der Waals surface area contributed by atoms with Crippen molar-refractivity contribution in [1.82, 2.24) is 10.2 Å². The number of hydrogen-bond donors (Lipinski definition) is 1. The first-order valence-electron chi connectivity index (χ1n) is 7.90. The first-order valence-corrected chi connectivity index (χ1v) is 7.90. The van der Waals surface area contributed by atoms with Gasteiger partial charge in [-0.3, -0.25) is 9.59 Å². The molecule has 1 saturated heterocycles. The molecule has 5 heteroatoms. The van der Waals surface area contributed by atoms with Crippen LogP contribution in [0.3, 0.4) is 0 Å². The van der Waals surface area contributed by atoms with E-state index in [0.717, 1.165) is 51.6 Å². The minimum Gasteiger partial charge on any atom is -0.381 e. The van der Waals surface area contributed by atoms with Crippen molar-refractivity contribution in [2.24, 2.45) is 0 Å². The number of rotatable bonds is 7. The molecule has 1 heterocycles. The Morgan fingerprint density at radius 2 is 1.70 bits per heavy atom.